The summed E-state index contributed by atoms with van der Waals surface area (Å²) in [5.41, 5.74) is 19.7. The molecule has 129 heavy (non-hydrogen) atoms. The van der Waals surface area contributed by atoms with Crippen LogP contribution in [0, 0.1) is 60.0 Å². The average Bonchev–Trinajstić information content (AvgIpc) is 1.79. The van der Waals surface area contributed by atoms with E-state index in [4.69, 9.17) is 29.8 Å². The van der Waals surface area contributed by atoms with Gasteiger partial charge in [-0.1, -0.05) is 104 Å². The first kappa shape index (κ1) is 97.3. The number of carbonyl (C=O) groups is 6. The Morgan fingerprint density at radius 3 is 1.30 bits per heavy atom. The number of carboxylic acid groups (broad SMARTS) is 1. The van der Waals surface area contributed by atoms with Crippen molar-refractivity contribution >= 4 is 91.4 Å². The molecule has 2 saturated heterocycles. The number of carboxylic acids is 1. The molecule has 2 aliphatic carbocycles. The number of benzene rings is 6. The summed E-state index contributed by atoms with van der Waals surface area (Å²) in [5, 5.41) is 47.6. The van der Waals surface area contributed by atoms with Gasteiger partial charge in [0.2, 0.25) is 29.5 Å². The summed E-state index contributed by atoms with van der Waals surface area (Å²) in [6, 6.07) is 41.2. The van der Waals surface area contributed by atoms with Crippen LogP contribution in [-0.4, -0.2) is 183 Å². The lowest BCUT2D eigenvalue weighted by Crippen LogP contribution is -2.57. The van der Waals surface area contributed by atoms with Crippen molar-refractivity contribution in [3.05, 3.63) is 214 Å². The molecule has 4 fully saturated rings. The number of rotatable bonds is 33. The van der Waals surface area contributed by atoms with Gasteiger partial charge in [0.05, 0.1) is 99.8 Å². The van der Waals surface area contributed by atoms with Crippen molar-refractivity contribution in [3.63, 3.8) is 0 Å². The number of hydrogen-bond acceptors (Lipinski definition) is 21. The van der Waals surface area contributed by atoms with E-state index in [9.17, 15) is 47.8 Å². The first-order valence-corrected chi connectivity index (χ1v) is 46.6. The Labute approximate surface area is 762 Å². The maximum atomic E-state index is 14.0. The highest BCUT2D eigenvalue weighted by Crippen LogP contribution is 2.44. The van der Waals surface area contributed by atoms with Crippen molar-refractivity contribution in [1.29, 1.82) is 0 Å². The largest absolute Gasteiger partial charge is 0.491 e. The number of aliphatic hydroxyl groups excluding tert-OH is 2. The lowest BCUT2D eigenvalue weighted by Gasteiger charge is -2.35. The SMILES string of the molecule is C[C@@H](C(=O)O)C1CCC(c2ccnc3ccc(F)cc23)CC1.Cc1ncsc1-c1ccc(CNC(=O)[C@@H]2C[C@@H](O)CN2C(=O)[C@@H](NCCOCCOc2ccc(N)cc2)C(C)(C)C)cc1.Cc1ncsc1-c1ccc(CNC(=O)[C@@H]2C[C@@H](O)CN2C(=O)[C@@H](NCCOCCOc2ccc(NC(=O)[C@H](C)C3CCC(c4ccnc5ccc(F)cc45)CC3)cc2)C(C)(C)C)cc1. The summed E-state index contributed by atoms with van der Waals surface area (Å²) in [4.78, 5) is 101. The minimum Gasteiger partial charge on any atom is -0.491 e. The summed E-state index contributed by atoms with van der Waals surface area (Å²) in [6.07, 6.45) is 9.90. The molecule has 0 radical (unpaired) electrons. The van der Waals surface area contributed by atoms with Crippen LogP contribution in [-0.2, 0) is 51.3 Å². The van der Waals surface area contributed by atoms with E-state index >= 15 is 0 Å². The molecule has 0 bridgehead atoms. The minimum absolute atomic E-state index is 0.00877. The van der Waals surface area contributed by atoms with Gasteiger partial charge in [-0.3, -0.25) is 38.7 Å². The number of ether oxygens (including phenoxy) is 4. The second kappa shape index (κ2) is 45.7. The number of β-amino-alcohol motifs (C(OH)–C–C–N with tert-alkyl or cyclic N) is 2. The van der Waals surface area contributed by atoms with Crippen molar-refractivity contribution in [1.82, 2.24) is 51.0 Å². The molecule has 8 atom stereocenters. The molecule has 10 aromatic rings. The van der Waals surface area contributed by atoms with Crippen LogP contribution in [0.5, 0.6) is 11.5 Å². The number of nitrogens with zero attached hydrogens (tertiary/aromatic N) is 6. The number of aliphatic carboxylic acids is 1. The molecule has 2 saturated carbocycles. The number of aromatic nitrogens is 4. The van der Waals surface area contributed by atoms with E-state index in [-0.39, 0.29) is 90.8 Å². The summed E-state index contributed by atoms with van der Waals surface area (Å²) in [6.45, 7) is 23.4. The highest BCUT2D eigenvalue weighted by molar-refractivity contribution is 7.13. The van der Waals surface area contributed by atoms with Crippen LogP contribution in [0.4, 0.5) is 20.2 Å². The minimum atomic E-state index is -0.790. The number of anilines is 2. The van der Waals surface area contributed by atoms with E-state index in [0.29, 0.717) is 94.8 Å². The van der Waals surface area contributed by atoms with Gasteiger partial charge in [-0.2, -0.15) is 0 Å². The molecule has 4 aliphatic rings. The second-order valence-electron chi connectivity index (χ2n) is 36.4. The predicted octanol–water partition coefficient (Wildman–Crippen LogP) is 15.8. The van der Waals surface area contributed by atoms with Gasteiger partial charge in [0.15, 0.2) is 0 Å². The van der Waals surface area contributed by atoms with E-state index in [1.165, 1.54) is 21.9 Å². The zero-order valence-corrected chi connectivity index (χ0v) is 77.0. The fraction of sp³-hybridized carbons (Fsp3) is 0.460. The third kappa shape index (κ3) is 26.8. The summed E-state index contributed by atoms with van der Waals surface area (Å²) in [5.74, 6) is -0.0807. The number of thiazole rings is 2. The molecule has 25 nitrogen and oxygen atoms in total. The number of hydrogen-bond donors (Lipinski definition) is 9. The Bertz CT molecular complexity index is 5370. The normalized spacial score (nSPS) is 19.7. The Kier molecular flexibility index (Phi) is 34.4. The van der Waals surface area contributed by atoms with Crippen molar-refractivity contribution < 1.29 is 71.8 Å². The molecule has 0 spiro atoms. The van der Waals surface area contributed by atoms with Crippen LogP contribution in [0.25, 0.3) is 42.7 Å². The van der Waals surface area contributed by atoms with Gasteiger partial charge in [0, 0.05) is 92.6 Å². The number of halogens is 2. The number of amides is 5. The number of aliphatic hydroxyl groups is 2. The maximum absolute atomic E-state index is 14.0. The predicted molar refractivity (Wildman–Crippen MR) is 500 cm³/mol. The standard InChI is InChI=1S/C50H61FN6O6S.C32H43N5O5S.C18H20FNO2/c1-31(34-10-12-35(13-11-34)41-20-21-52-43-19-14-37(51)26-42(41)43)47(59)56-38-15-17-40(18-16-38)63-25-24-62-23-22-53-46(50(3,4)5)49(61)57-29-39(58)27-44(57)48(60)54-28-33-6-8-36(9-7-33)45-32(2)55-30-64-45;1-21-28(43-20-36-21)23-7-5-22(6-8-23)18-35-30(39)27-17-25(38)19-37(27)31(40)29(32(2,3)4)34-13-14-41-15-16-42-26-11-9-24(33)10-12-26;1-11(18(21)22)12-2-4-13(5-3-12)15-8-9-20-17-7-6-14(19)10-16(15)17/h6-9,14-21,26,30-31,34-35,39,44,46,53,58H,10-13,22-25,27-29H2,1-5H3,(H,54,60)(H,56,59);5-12,20,25,27,29,34,38H,13-19,33H2,1-4H3,(H,35,39);6-13H,2-5H2,1H3,(H,21,22)/t31-,34?,35?,39-,44+,46-;25-,27+,29-;11-,12?,13?/m111/s1. The van der Waals surface area contributed by atoms with E-state index in [1.807, 2.05) is 170 Å². The number of nitrogens with one attached hydrogen (secondary N) is 5. The molecule has 688 valence electrons. The van der Waals surface area contributed by atoms with Crippen LogP contribution in [0.15, 0.2) is 169 Å². The van der Waals surface area contributed by atoms with Gasteiger partial charge < -0.3 is 76.4 Å². The van der Waals surface area contributed by atoms with Gasteiger partial charge in [-0.25, -0.2) is 18.7 Å². The zero-order chi connectivity index (χ0) is 92.1. The van der Waals surface area contributed by atoms with Gasteiger partial charge in [-0.05, 0) is 230 Å². The molecule has 5 amide bonds. The number of nitrogen functional groups attached to an aromatic ring is 1. The number of fused-ring (bicyclic) bond motifs is 2. The van der Waals surface area contributed by atoms with Crippen LogP contribution in [0.2, 0.25) is 0 Å². The molecule has 0 unspecified atom stereocenters. The fourth-order valence-corrected chi connectivity index (χ4v) is 19.3. The molecular formula is C100H124F2N12O13S2. The summed E-state index contributed by atoms with van der Waals surface area (Å²) in [7, 11) is 0. The van der Waals surface area contributed by atoms with Crippen LogP contribution >= 0.6 is 22.7 Å². The van der Waals surface area contributed by atoms with Gasteiger partial charge in [-0.15, -0.1) is 22.7 Å². The Morgan fingerprint density at radius 2 is 0.915 bits per heavy atom. The van der Waals surface area contributed by atoms with Crippen molar-refractivity contribution in [2.45, 2.75) is 195 Å². The van der Waals surface area contributed by atoms with E-state index < -0.39 is 53.2 Å². The first-order chi connectivity index (χ1) is 61.8. The number of nitrogens with two attached hydrogens (primary N) is 1. The molecule has 4 aromatic heterocycles. The van der Waals surface area contributed by atoms with E-state index in [1.54, 1.807) is 78.4 Å². The monoisotopic (exact) mass is 1800 g/mol. The van der Waals surface area contributed by atoms with Crippen molar-refractivity contribution in [2.75, 3.05) is 76.9 Å². The van der Waals surface area contributed by atoms with Gasteiger partial charge in [0.1, 0.15) is 48.4 Å². The number of carbonyl (C=O) groups excluding carboxylic acids is 5. The van der Waals surface area contributed by atoms with E-state index in [0.717, 1.165) is 133 Å². The van der Waals surface area contributed by atoms with Gasteiger partial charge >= 0.3 is 5.97 Å². The number of likely N-dealkylation sites (tertiary alicyclic amines) is 2. The molecule has 29 heteroatoms. The molecule has 6 aromatic carbocycles. The molecular weight excluding hydrogens is 1680 g/mol. The third-order valence-corrected chi connectivity index (χ3v) is 27.1. The number of pyridine rings is 2. The molecule has 14 rings (SSSR count). The molecule has 6 heterocycles. The smallest absolute Gasteiger partial charge is 0.306 e. The van der Waals surface area contributed by atoms with Crippen molar-refractivity contribution in [2.24, 2.45) is 34.5 Å². The molecule has 2 aliphatic heterocycles. The van der Waals surface area contributed by atoms with Gasteiger partial charge in [0.25, 0.3) is 0 Å². The quantitative estimate of drug-likeness (QED) is 0.0136. The fourth-order valence-electron chi connectivity index (χ4n) is 17.7. The van der Waals surface area contributed by atoms with E-state index in [2.05, 4.69) is 46.5 Å². The topological polar surface area (TPSA) is 344 Å². The Hall–Kier alpha value is -10.8. The lowest BCUT2D eigenvalue weighted by molar-refractivity contribution is -0.143. The first-order valence-electron chi connectivity index (χ1n) is 44.8. The summed E-state index contributed by atoms with van der Waals surface area (Å²) < 4.78 is 50.6. The van der Waals surface area contributed by atoms with Crippen molar-refractivity contribution in [3.8, 4) is 32.4 Å². The Morgan fingerprint density at radius 1 is 0.512 bits per heavy atom. The highest BCUT2D eigenvalue weighted by Gasteiger charge is 2.46. The lowest BCUT2D eigenvalue weighted by atomic mass is 9.73. The third-order valence-electron chi connectivity index (χ3n) is 25.1. The number of aryl methyl sites for hydroxylation is 2. The second-order valence-corrected chi connectivity index (χ2v) is 38.1. The molecule has 10 N–H and O–H groups in total. The van der Waals surface area contributed by atoms with Crippen LogP contribution in [0.1, 0.15) is 165 Å². The highest BCUT2D eigenvalue weighted by atomic mass is 32.1. The maximum Gasteiger partial charge on any atom is 0.306 e. The average molecular weight is 1800 g/mol. The Balaban J connectivity index is 0.000000198. The van der Waals surface area contributed by atoms with Crippen LogP contribution < -0.4 is 41.8 Å². The van der Waals surface area contributed by atoms with Crippen LogP contribution in [0.3, 0.4) is 0 Å². The zero-order valence-electron chi connectivity index (χ0n) is 75.4. The summed E-state index contributed by atoms with van der Waals surface area (Å²) >= 11 is 3.19.